The van der Waals surface area contributed by atoms with Crippen LogP contribution in [-0.4, -0.2) is 55.2 Å². The normalized spacial score (nSPS) is 12.1. The Hall–Kier alpha value is -2.60. The topological polar surface area (TPSA) is 78.9 Å². The maximum Gasteiger partial charge on any atom is 0.305 e. The minimum Gasteiger partial charge on any atom is -0.493 e. The molecule has 6 heteroatoms. The average molecular weight is 429 g/mol. The number of hydrogen-bond acceptors (Lipinski definition) is 4. The Morgan fingerprint density at radius 2 is 1.65 bits per heavy atom. The SMILES string of the molecule is CN(C)CC(CC(=O)O)NC(=O)CCCCCCCCOc1cccc2ccccc12. The summed E-state index contributed by atoms with van der Waals surface area (Å²) in [5, 5.41) is 14.2. The van der Waals surface area contributed by atoms with Crippen molar-refractivity contribution in [3.05, 3.63) is 42.5 Å². The molecular formula is C25H36N2O4. The van der Waals surface area contributed by atoms with Gasteiger partial charge in [0.1, 0.15) is 5.75 Å². The molecule has 0 saturated carbocycles. The van der Waals surface area contributed by atoms with Crippen molar-refractivity contribution in [1.29, 1.82) is 0 Å². The highest BCUT2D eigenvalue weighted by molar-refractivity contribution is 5.88. The van der Waals surface area contributed by atoms with E-state index in [9.17, 15) is 9.59 Å². The lowest BCUT2D eigenvalue weighted by atomic mass is 10.1. The van der Waals surface area contributed by atoms with Crippen LogP contribution in [0.3, 0.4) is 0 Å². The molecule has 0 heterocycles. The Balaban J connectivity index is 1.53. The van der Waals surface area contributed by atoms with Gasteiger partial charge in [0.2, 0.25) is 5.91 Å². The van der Waals surface area contributed by atoms with Gasteiger partial charge in [-0.15, -0.1) is 0 Å². The third-order valence-electron chi connectivity index (χ3n) is 5.18. The molecule has 0 spiro atoms. The predicted molar refractivity (Wildman–Crippen MR) is 124 cm³/mol. The van der Waals surface area contributed by atoms with E-state index in [0.717, 1.165) is 49.7 Å². The quantitative estimate of drug-likeness (QED) is 0.409. The fourth-order valence-electron chi connectivity index (χ4n) is 3.71. The monoisotopic (exact) mass is 428 g/mol. The van der Waals surface area contributed by atoms with E-state index in [1.165, 1.54) is 5.39 Å². The van der Waals surface area contributed by atoms with Crippen LogP contribution in [0.15, 0.2) is 42.5 Å². The van der Waals surface area contributed by atoms with E-state index in [0.29, 0.717) is 19.6 Å². The van der Waals surface area contributed by atoms with E-state index in [-0.39, 0.29) is 18.4 Å². The third-order valence-corrected chi connectivity index (χ3v) is 5.18. The fourth-order valence-corrected chi connectivity index (χ4v) is 3.71. The summed E-state index contributed by atoms with van der Waals surface area (Å²) in [5.41, 5.74) is 0. The van der Waals surface area contributed by atoms with Gasteiger partial charge in [-0.3, -0.25) is 9.59 Å². The highest BCUT2D eigenvalue weighted by atomic mass is 16.5. The summed E-state index contributed by atoms with van der Waals surface area (Å²) in [7, 11) is 3.74. The number of carboxylic acids is 1. The number of nitrogens with zero attached hydrogens (tertiary/aromatic N) is 1. The van der Waals surface area contributed by atoms with Crippen molar-refractivity contribution in [2.24, 2.45) is 0 Å². The molecule has 2 aromatic carbocycles. The van der Waals surface area contributed by atoms with Crippen LogP contribution in [-0.2, 0) is 9.59 Å². The summed E-state index contributed by atoms with van der Waals surface area (Å²) < 4.78 is 5.97. The van der Waals surface area contributed by atoms with Crippen LogP contribution >= 0.6 is 0 Å². The molecule has 0 aromatic heterocycles. The number of fused-ring (bicyclic) bond motifs is 1. The summed E-state index contributed by atoms with van der Waals surface area (Å²) in [6, 6.07) is 14.0. The molecule has 0 aliphatic heterocycles. The predicted octanol–water partition coefficient (Wildman–Crippen LogP) is 4.47. The molecule has 2 N–H and O–H groups in total. The molecule has 31 heavy (non-hydrogen) atoms. The smallest absolute Gasteiger partial charge is 0.305 e. The van der Waals surface area contributed by atoms with Crippen LogP contribution in [0.5, 0.6) is 5.75 Å². The number of rotatable bonds is 15. The number of aliphatic carboxylic acids is 1. The Labute approximate surface area is 185 Å². The van der Waals surface area contributed by atoms with Crippen LogP contribution in [0.2, 0.25) is 0 Å². The second-order valence-electron chi connectivity index (χ2n) is 8.32. The first-order chi connectivity index (χ1) is 15.0. The summed E-state index contributed by atoms with van der Waals surface area (Å²) in [4.78, 5) is 24.9. The maximum absolute atomic E-state index is 12.1. The van der Waals surface area contributed by atoms with Crippen molar-refractivity contribution in [3.8, 4) is 5.75 Å². The third kappa shape index (κ3) is 9.83. The first-order valence-electron chi connectivity index (χ1n) is 11.2. The Kier molecular flexibility index (Phi) is 10.9. The Morgan fingerprint density at radius 1 is 0.968 bits per heavy atom. The van der Waals surface area contributed by atoms with E-state index < -0.39 is 5.97 Å². The Morgan fingerprint density at radius 3 is 2.39 bits per heavy atom. The van der Waals surface area contributed by atoms with Crippen molar-refractivity contribution in [3.63, 3.8) is 0 Å². The molecule has 0 radical (unpaired) electrons. The molecule has 0 aliphatic rings. The van der Waals surface area contributed by atoms with Crippen LogP contribution in [0.1, 0.15) is 51.4 Å². The van der Waals surface area contributed by atoms with Gasteiger partial charge < -0.3 is 20.1 Å². The van der Waals surface area contributed by atoms with Gasteiger partial charge in [-0.1, -0.05) is 62.1 Å². The number of hydrogen-bond donors (Lipinski definition) is 2. The van der Waals surface area contributed by atoms with Crippen molar-refractivity contribution in [1.82, 2.24) is 10.2 Å². The summed E-state index contributed by atoms with van der Waals surface area (Å²) >= 11 is 0. The standard InChI is InChI=1S/C25H36N2O4/c1-27(2)19-21(18-25(29)30)26-24(28)16-7-5-3-4-6-10-17-31-23-15-11-13-20-12-8-9-14-22(20)23/h8-9,11-15,21H,3-7,10,16-19H2,1-2H3,(H,26,28)(H,29,30). The summed E-state index contributed by atoms with van der Waals surface area (Å²) in [5.74, 6) is -0.00671. The van der Waals surface area contributed by atoms with Gasteiger partial charge in [0.25, 0.3) is 0 Å². The zero-order valence-corrected chi connectivity index (χ0v) is 18.8. The maximum atomic E-state index is 12.1. The van der Waals surface area contributed by atoms with Crippen LogP contribution < -0.4 is 10.1 Å². The average Bonchev–Trinajstić information content (AvgIpc) is 2.71. The number of benzene rings is 2. The van der Waals surface area contributed by atoms with Crippen molar-refractivity contribution in [2.75, 3.05) is 27.2 Å². The molecule has 0 fully saturated rings. The molecule has 2 aromatic rings. The lowest BCUT2D eigenvalue weighted by Gasteiger charge is -2.20. The number of carboxylic acid groups (broad SMARTS) is 1. The molecule has 170 valence electrons. The molecule has 1 atom stereocenters. The van der Waals surface area contributed by atoms with E-state index in [4.69, 9.17) is 9.84 Å². The van der Waals surface area contributed by atoms with Crippen molar-refractivity contribution in [2.45, 2.75) is 57.4 Å². The fraction of sp³-hybridized carbons (Fsp3) is 0.520. The molecule has 6 nitrogen and oxygen atoms in total. The van der Waals surface area contributed by atoms with Crippen LogP contribution in [0, 0.1) is 0 Å². The zero-order valence-electron chi connectivity index (χ0n) is 18.8. The largest absolute Gasteiger partial charge is 0.493 e. The highest BCUT2D eigenvalue weighted by Crippen LogP contribution is 2.25. The minimum absolute atomic E-state index is 0.0508. The van der Waals surface area contributed by atoms with Gasteiger partial charge in [0.15, 0.2) is 0 Å². The van der Waals surface area contributed by atoms with E-state index in [2.05, 4.69) is 23.5 Å². The Bertz CT molecular complexity index is 817. The van der Waals surface area contributed by atoms with Crippen molar-refractivity contribution < 1.29 is 19.4 Å². The molecule has 2 rings (SSSR count). The molecule has 0 aliphatic carbocycles. The zero-order chi connectivity index (χ0) is 22.5. The number of amides is 1. The molecule has 0 bridgehead atoms. The van der Waals surface area contributed by atoms with E-state index in [1.54, 1.807) is 0 Å². The van der Waals surface area contributed by atoms with Gasteiger partial charge in [-0.05, 0) is 38.4 Å². The van der Waals surface area contributed by atoms with Gasteiger partial charge in [0, 0.05) is 18.4 Å². The molecular weight excluding hydrogens is 392 g/mol. The lowest BCUT2D eigenvalue weighted by Crippen LogP contribution is -2.42. The first-order valence-corrected chi connectivity index (χ1v) is 11.2. The van der Waals surface area contributed by atoms with E-state index in [1.807, 2.05) is 43.3 Å². The van der Waals surface area contributed by atoms with Crippen LogP contribution in [0.4, 0.5) is 0 Å². The number of likely N-dealkylation sites (N-methyl/N-ethyl adjacent to an activating group) is 1. The molecule has 1 unspecified atom stereocenters. The number of nitrogens with one attached hydrogen (secondary N) is 1. The first kappa shape index (κ1) is 24.7. The van der Waals surface area contributed by atoms with Crippen molar-refractivity contribution >= 4 is 22.6 Å². The minimum atomic E-state index is -0.892. The van der Waals surface area contributed by atoms with Gasteiger partial charge in [-0.2, -0.15) is 0 Å². The van der Waals surface area contributed by atoms with Gasteiger partial charge >= 0.3 is 5.97 Å². The molecule has 1 amide bonds. The second-order valence-corrected chi connectivity index (χ2v) is 8.32. The van der Waals surface area contributed by atoms with E-state index >= 15 is 0 Å². The second kappa shape index (κ2) is 13.7. The number of unbranched alkanes of at least 4 members (excludes halogenated alkanes) is 5. The number of carbonyl (C=O) groups is 2. The number of carbonyl (C=O) groups excluding carboxylic acids is 1. The molecule has 0 saturated heterocycles. The van der Waals surface area contributed by atoms with Gasteiger partial charge in [0.05, 0.1) is 19.1 Å². The lowest BCUT2D eigenvalue weighted by molar-refractivity contribution is -0.137. The highest BCUT2D eigenvalue weighted by Gasteiger charge is 2.16. The summed E-state index contributed by atoms with van der Waals surface area (Å²) in [6.07, 6.45) is 6.60. The number of ether oxygens (including phenoxy) is 1. The van der Waals surface area contributed by atoms with Crippen LogP contribution in [0.25, 0.3) is 10.8 Å². The van der Waals surface area contributed by atoms with Gasteiger partial charge in [-0.25, -0.2) is 0 Å². The summed E-state index contributed by atoms with van der Waals surface area (Å²) in [6.45, 7) is 1.24.